The van der Waals surface area contributed by atoms with Crippen LogP contribution < -0.4 is 5.32 Å². The molecule has 1 aromatic carbocycles. The molecule has 1 amide bonds. The molecular weight excluding hydrogens is 613 g/mol. The van der Waals surface area contributed by atoms with Crippen molar-refractivity contribution in [3.63, 3.8) is 0 Å². The Labute approximate surface area is 255 Å². The Morgan fingerprint density at radius 2 is 1.76 bits per heavy atom. The summed E-state index contributed by atoms with van der Waals surface area (Å²) >= 11 is 4.39. The van der Waals surface area contributed by atoms with E-state index in [9.17, 15) is 18.0 Å². The molecule has 10 heteroatoms. The Morgan fingerprint density at radius 3 is 2.27 bits per heavy atom. The van der Waals surface area contributed by atoms with Gasteiger partial charge in [0, 0.05) is 40.9 Å². The van der Waals surface area contributed by atoms with Gasteiger partial charge in [-0.25, -0.2) is 0 Å². The predicted molar refractivity (Wildman–Crippen MR) is 170 cm³/mol. The number of carbonyl (C=O) groups excluding carboxylic acids is 1. The molecule has 41 heavy (non-hydrogen) atoms. The first kappa shape index (κ1) is 36.6. The fourth-order valence-corrected chi connectivity index (χ4v) is 5.67. The Kier molecular flexibility index (Phi) is 15.6. The summed E-state index contributed by atoms with van der Waals surface area (Å²) in [6, 6.07) is 3.72. The van der Waals surface area contributed by atoms with Gasteiger partial charge in [-0.2, -0.15) is 13.2 Å². The highest BCUT2D eigenvalue weighted by molar-refractivity contribution is 9.10. The van der Waals surface area contributed by atoms with Crippen LogP contribution in [-0.2, 0) is 11.0 Å². The summed E-state index contributed by atoms with van der Waals surface area (Å²) in [5.41, 5.74) is 1.36. The molecule has 0 aliphatic carbocycles. The standard InChI is InChI=1S/C20H30N4OS.C9H6BrF3.C2H6/c1-7-17(20(25)24-11-13(2)10-14(3)12-24)26-16(5)19-18(15(4)21-6)22-8-9-23-19;1-2-6-3-7(9(11,12)13)5-8(10)4-6;1-2/h7-9,13-15,21H,5,10-12H2,1-4,6H3;2-5H,1H2;1-2H3/b17-7-;;. The monoisotopic (exact) mass is 654 g/mol. The molecule has 0 saturated carbocycles. The first-order chi connectivity index (χ1) is 19.3. The molecule has 3 unspecified atom stereocenters. The van der Waals surface area contributed by atoms with E-state index in [-0.39, 0.29) is 11.9 Å². The lowest BCUT2D eigenvalue weighted by Crippen LogP contribution is -2.42. The van der Waals surface area contributed by atoms with Crippen LogP contribution in [0.4, 0.5) is 13.2 Å². The number of nitrogens with one attached hydrogen (secondary N) is 1. The normalized spacial score (nSPS) is 17.8. The summed E-state index contributed by atoms with van der Waals surface area (Å²) in [5.74, 6) is 1.17. The van der Waals surface area contributed by atoms with Crippen LogP contribution in [0.1, 0.15) is 76.5 Å². The number of alkyl halides is 3. The van der Waals surface area contributed by atoms with Crippen molar-refractivity contribution in [1.82, 2.24) is 20.2 Å². The number of aromatic nitrogens is 2. The molecule has 1 aliphatic heterocycles. The molecule has 1 saturated heterocycles. The zero-order chi connectivity index (χ0) is 31.3. The lowest BCUT2D eigenvalue weighted by atomic mass is 9.92. The fourth-order valence-electron chi connectivity index (χ4n) is 4.30. The number of amides is 1. The van der Waals surface area contributed by atoms with Gasteiger partial charge in [0.1, 0.15) is 0 Å². The number of carbonyl (C=O) groups is 1. The van der Waals surface area contributed by atoms with Gasteiger partial charge in [-0.3, -0.25) is 14.8 Å². The molecule has 3 rings (SSSR count). The third kappa shape index (κ3) is 11.4. The molecule has 3 atom stereocenters. The van der Waals surface area contributed by atoms with Gasteiger partial charge in [0.05, 0.1) is 21.9 Å². The molecule has 1 N–H and O–H groups in total. The van der Waals surface area contributed by atoms with Gasteiger partial charge in [0.15, 0.2) is 0 Å². The van der Waals surface area contributed by atoms with E-state index in [0.29, 0.717) is 26.8 Å². The highest BCUT2D eigenvalue weighted by Gasteiger charge is 2.31. The van der Waals surface area contributed by atoms with Gasteiger partial charge in [0.2, 0.25) is 0 Å². The zero-order valence-corrected chi connectivity index (χ0v) is 27.4. The molecule has 1 aliphatic rings. The maximum atomic E-state index is 13.0. The first-order valence-corrected chi connectivity index (χ1v) is 15.2. The summed E-state index contributed by atoms with van der Waals surface area (Å²) < 4.78 is 37.1. The third-order valence-electron chi connectivity index (χ3n) is 6.18. The molecule has 1 aromatic heterocycles. The van der Waals surface area contributed by atoms with Crippen molar-refractivity contribution >= 4 is 44.6 Å². The number of allylic oxidation sites excluding steroid dienone is 1. The summed E-state index contributed by atoms with van der Waals surface area (Å²) in [7, 11) is 1.89. The molecule has 1 fully saturated rings. The van der Waals surface area contributed by atoms with E-state index < -0.39 is 11.7 Å². The number of nitrogens with zero attached hydrogens (tertiary/aromatic N) is 3. The average Bonchev–Trinajstić information content (AvgIpc) is 2.95. The quantitative estimate of drug-likeness (QED) is 0.302. The molecule has 0 radical (unpaired) electrons. The van der Waals surface area contributed by atoms with E-state index in [2.05, 4.69) is 58.2 Å². The van der Waals surface area contributed by atoms with E-state index in [4.69, 9.17) is 0 Å². The van der Waals surface area contributed by atoms with Crippen LogP contribution in [0.2, 0.25) is 0 Å². The molecule has 0 bridgehead atoms. The van der Waals surface area contributed by atoms with E-state index in [0.717, 1.165) is 41.5 Å². The Hall–Kier alpha value is -2.43. The minimum atomic E-state index is -4.30. The highest BCUT2D eigenvalue weighted by Crippen LogP contribution is 2.36. The van der Waals surface area contributed by atoms with Crippen molar-refractivity contribution in [3.8, 4) is 0 Å². The molecule has 0 spiro atoms. The van der Waals surface area contributed by atoms with E-state index in [1.165, 1.54) is 24.3 Å². The van der Waals surface area contributed by atoms with Gasteiger partial charge in [0.25, 0.3) is 5.91 Å². The molecule has 5 nitrogen and oxygen atoms in total. The summed E-state index contributed by atoms with van der Waals surface area (Å²) in [5, 5.41) is 3.19. The Bertz CT molecular complexity index is 1190. The van der Waals surface area contributed by atoms with Crippen LogP contribution in [-0.4, -0.2) is 40.9 Å². The largest absolute Gasteiger partial charge is 0.416 e. The molecule has 2 heterocycles. The second-order valence-corrected chi connectivity index (χ2v) is 11.7. The number of rotatable bonds is 7. The number of hydrogen-bond acceptors (Lipinski definition) is 5. The zero-order valence-electron chi connectivity index (χ0n) is 25.0. The fraction of sp³-hybridized carbons (Fsp3) is 0.452. The first-order valence-electron chi connectivity index (χ1n) is 13.6. The smallest absolute Gasteiger partial charge is 0.338 e. The third-order valence-corrected chi connectivity index (χ3v) is 7.71. The van der Waals surface area contributed by atoms with Crippen molar-refractivity contribution < 1.29 is 18.0 Å². The second kappa shape index (κ2) is 17.5. The number of benzene rings is 1. The van der Waals surface area contributed by atoms with Crippen molar-refractivity contribution in [2.75, 3.05) is 20.1 Å². The molecule has 226 valence electrons. The van der Waals surface area contributed by atoms with Gasteiger partial charge in [-0.1, -0.05) is 80.7 Å². The number of piperidine rings is 1. The summed E-state index contributed by atoms with van der Waals surface area (Å²) in [4.78, 5) is 25.3. The topological polar surface area (TPSA) is 58.1 Å². The van der Waals surface area contributed by atoms with E-state index in [1.54, 1.807) is 18.5 Å². The SMILES string of the molecule is C=C(S/C(=C\C)C(=O)N1CC(C)CC(C)C1)c1nccnc1C(C)NC.C=Cc1cc(Br)cc(C(F)(F)F)c1.CC. The molecular formula is C31H42BrF3N4OS. The number of likely N-dealkylation sites (tertiary alicyclic amines) is 1. The lowest BCUT2D eigenvalue weighted by molar-refractivity contribution is -0.137. The minimum Gasteiger partial charge on any atom is -0.338 e. The maximum Gasteiger partial charge on any atom is 0.416 e. The maximum absolute atomic E-state index is 13.0. The van der Waals surface area contributed by atoms with Crippen LogP contribution in [0, 0.1) is 11.8 Å². The average molecular weight is 656 g/mol. The highest BCUT2D eigenvalue weighted by atomic mass is 79.9. The van der Waals surface area contributed by atoms with Gasteiger partial charge < -0.3 is 10.2 Å². The second-order valence-electron chi connectivity index (χ2n) is 9.61. The Morgan fingerprint density at radius 1 is 1.17 bits per heavy atom. The number of thioether (sulfide) groups is 1. The summed E-state index contributed by atoms with van der Waals surface area (Å²) in [6.07, 6.45) is 3.47. The summed E-state index contributed by atoms with van der Waals surface area (Å²) in [6.45, 7) is 21.6. The van der Waals surface area contributed by atoms with Crippen molar-refractivity contribution in [3.05, 3.63) is 81.7 Å². The van der Waals surface area contributed by atoms with Crippen LogP contribution in [0.3, 0.4) is 0 Å². The van der Waals surface area contributed by atoms with Crippen LogP contribution in [0.5, 0.6) is 0 Å². The number of halogens is 4. The number of hydrogen-bond donors (Lipinski definition) is 1. The van der Waals surface area contributed by atoms with Gasteiger partial charge in [-0.15, -0.1) is 0 Å². The van der Waals surface area contributed by atoms with Crippen LogP contribution >= 0.6 is 27.7 Å². The van der Waals surface area contributed by atoms with Gasteiger partial charge >= 0.3 is 6.18 Å². The predicted octanol–water partition coefficient (Wildman–Crippen LogP) is 9.01. The lowest BCUT2D eigenvalue weighted by Gasteiger charge is -2.35. The van der Waals surface area contributed by atoms with Crippen molar-refractivity contribution in [1.29, 1.82) is 0 Å². The van der Waals surface area contributed by atoms with Crippen LogP contribution in [0.25, 0.3) is 11.0 Å². The van der Waals surface area contributed by atoms with Gasteiger partial charge in [-0.05, 0) is 62.9 Å². The molecule has 2 aromatic rings. The minimum absolute atomic E-state index is 0.0598. The van der Waals surface area contributed by atoms with E-state index in [1.807, 2.05) is 45.7 Å². The van der Waals surface area contributed by atoms with Crippen LogP contribution in [0.15, 0.2) is 59.2 Å². The van der Waals surface area contributed by atoms with E-state index >= 15 is 0 Å². The van der Waals surface area contributed by atoms with Crippen molar-refractivity contribution in [2.45, 2.75) is 60.2 Å². The van der Waals surface area contributed by atoms with Crippen molar-refractivity contribution in [2.24, 2.45) is 11.8 Å². The Balaban J connectivity index is 0.000000469.